The van der Waals surface area contributed by atoms with E-state index < -0.39 is 17.7 Å². The van der Waals surface area contributed by atoms with E-state index in [-0.39, 0.29) is 18.6 Å². The maximum absolute atomic E-state index is 12.4. The third-order valence-corrected chi connectivity index (χ3v) is 1.96. The van der Waals surface area contributed by atoms with Gasteiger partial charge in [0.1, 0.15) is 0 Å². The molecule has 10 heavy (non-hydrogen) atoms. The highest BCUT2D eigenvalue weighted by Crippen LogP contribution is 2.33. The summed E-state index contributed by atoms with van der Waals surface area (Å²) in [5, 5.41) is -0.969. The van der Waals surface area contributed by atoms with Crippen LogP contribution in [0.25, 0.3) is 0 Å². The molecule has 1 fully saturated rings. The molecular formula is C6H7ClF2O. The molecule has 0 aliphatic heterocycles. The molecule has 1 saturated carbocycles. The Labute approximate surface area is 62.4 Å². The van der Waals surface area contributed by atoms with Crippen LogP contribution in [0, 0.1) is 0 Å². The molecule has 1 rings (SSSR count). The fraction of sp³-hybridized carbons (Fsp3) is 0.833. The smallest absolute Gasteiger partial charge is 0.250 e. The largest absolute Gasteiger partial charge is 0.298 e. The summed E-state index contributed by atoms with van der Waals surface area (Å²) >= 11 is 5.32. The summed E-state index contributed by atoms with van der Waals surface area (Å²) in [5.74, 6) is -2.98. The molecule has 1 unspecified atom stereocenters. The molecule has 0 amide bonds. The molecule has 0 aromatic heterocycles. The van der Waals surface area contributed by atoms with Crippen molar-refractivity contribution in [3.05, 3.63) is 0 Å². The van der Waals surface area contributed by atoms with E-state index in [1.165, 1.54) is 0 Å². The van der Waals surface area contributed by atoms with E-state index in [9.17, 15) is 13.6 Å². The standard InChI is InChI=1S/C6H7ClF2O/c7-4-3-6(8,9)2-1-5(4)10/h4H,1-3H2. The SMILES string of the molecule is O=C1CCC(F)(F)CC1Cl. The first-order valence-electron chi connectivity index (χ1n) is 3.06. The van der Waals surface area contributed by atoms with E-state index in [1.807, 2.05) is 0 Å². The Hall–Kier alpha value is -0.180. The molecule has 0 saturated heterocycles. The highest BCUT2D eigenvalue weighted by atomic mass is 35.5. The lowest BCUT2D eigenvalue weighted by Crippen LogP contribution is -2.33. The van der Waals surface area contributed by atoms with E-state index in [1.54, 1.807) is 0 Å². The number of carbonyl (C=O) groups excluding carboxylic acids is 1. The zero-order valence-electron chi connectivity index (χ0n) is 5.24. The van der Waals surface area contributed by atoms with Gasteiger partial charge in [-0.3, -0.25) is 4.79 Å². The minimum Gasteiger partial charge on any atom is -0.298 e. The van der Waals surface area contributed by atoms with Gasteiger partial charge < -0.3 is 0 Å². The molecular weight excluding hydrogens is 162 g/mol. The minimum atomic E-state index is -2.72. The van der Waals surface area contributed by atoms with Gasteiger partial charge in [0, 0.05) is 19.3 Å². The van der Waals surface area contributed by atoms with Crippen LogP contribution in [0.2, 0.25) is 0 Å². The first-order valence-corrected chi connectivity index (χ1v) is 3.49. The molecule has 0 aromatic rings. The predicted octanol–water partition coefficient (Wildman–Crippen LogP) is 1.98. The molecule has 1 atom stereocenters. The third kappa shape index (κ3) is 1.66. The number of hydrogen-bond donors (Lipinski definition) is 0. The van der Waals surface area contributed by atoms with Crippen LogP contribution in [-0.2, 0) is 4.79 Å². The van der Waals surface area contributed by atoms with Crippen LogP contribution in [0.3, 0.4) is 0 Å². The fourth-order valence-corrected chi connectivity index (χ4v) is 1.28. The Balaban J connectivity index is 2.57. The number of ketones is 1. The lowest BCUT2D eigenvalue weighted by molar-refractivity contribution is -0.127. The Morgan fingerprint density at radius 1 is 1.60 bits per heavy atom. The molecule has 0 N–H and O–H groups in total. The molecule has 1 nitrogen and oxygen atoms in total. The summed E-state index contributed by atoms with van der Waals surface area (Å²) < 4.78 is 24.8. The Morgan fingerprint density at radius 3 is 2.60 bits per heavy atom. The average molecular weight is 169 g/mol. The van der Waals surface area contributed by atoms with Gasteiger partial charge in [-0.2, -0.15) is 0 Å². The summed E-state index contributed by atoms with van der Waals surface area (Å²) in [4.78, 5) is 10.6. The molecule has 1 aliphatic carbocycles. The van der Waals surface area contributed by atoms with Crippen molar-refractivity contribution in [2.24, 2.45) is 0 Å². The van der Waals surface area contributed by atoms with Gasteiger partial charge in [0.25, 0.3) is 0 Å². The maximum atomic E-state index is 12.4. The van der Waals surface area contributed by atoms with Gasteiger partial charge >= 0.3 is 0 Å². The minimum absolute atomic E-state index is 0.0822. The highest BCUT2D eigenvalue weighted by molar-refractivity contribution is 6.31. The van der Waals surface area contributed by atoms with E-state index in [2.05, 4.69) is 0 Å². The molecule has 58 valence electrons. The van der Waals surface area contributed by atoms with Crippen molar-refractivity contribution >= 4 is 17.4 Å². The van der Waals surface area contributed by atoms with Crippen molar-refractivity contribution in [2.45, 2.75) is 30.6 Å². The number of alkyl halides is 3. The van der Waals surface area contributed by atoms with Crippen molar-refractivity contribution in [3.63, 3.8) is 0 Å². The first kappa shape index (κ1) is 7.92. The molecule has 0 bridgehead atoms. The van der Waals surface area contributed by atoms with Gasteiger partial charge in [-0.05, 0) is 0 Å². The fourth-order valence-electron chi connectivity index (χ4n) is 0.941. The normalized spacial score (nSPS) is 32.3. The summed E-state index contributed by atoms with van der Waals surface area (Å²) in [6.07, 6.45) is -0.913. The highest BCUT2D eigenvalue weighted by Gasteiger charge is 2.39. The second-order valence-corrected chi connectivity index (χ2v) is 3.02. The van der Waals surface area contributed by atoms with Crippen LogP contribution < -0.4 is 0 Å². The Bertz CT molecular complexity index is 158. The molecule has 1 aliphatic rings. The van der Waals surface area contributed by atoms with Gasteiger partial charge in [-0.1, -0.05) is 0 Å². The number of Topliss-reactive ketones (excluding diaryl/α,β-unsaturated/α-hetero) is 1. The van der Waals surface area contributed by atoms with Gasteiger partial charge in [0.15, 0.2) is 5.78 Å². The van der Waals surface area contributed by atoms with Crippen molar-refractivity contribution in [2.75, 3.05) is 0 Å². The molecule has 0 radical (unpaired) electrons. The molecule has 0 aromatic carbocycles. The molecule has 0 spiro atoms. The molecule has 4 heteroatoms. The Morgan fingerprint density at radius 2 is 2.20 bits per heavy atom. The maximum Gasteiger partial charge on any atom is 0.250 e. The summed E-state index contributed by atoms with van der Waals surface area (Å²) in [6.45, 7) is 0. The van der Waals surface area contributed by atoms with Gasteiger partial charge in [0.2, 0.25) is 5.92 Å². The first-order chi connectivity index (χ1) is 4.51. The molecule has 0 heterocycles. The lowest BCUT2D eigenvalue weighted by atomic mass is 9.95. The summed E-state index contributed by atoms with van der Waals surface area (Å²) in [7, 11) is 0. The van der Waals surface area contributed by atoms with Gasteiger partial charge in [-0.15, -0.1) is 11.6 Å². The summed E-state index contributed by atoms with van der Waals surface area (Å²) in [6, 6.07) is 0. The van der Waals surface area contributed by atoms with Crippen LogP contribution in [0.5, 0.6) is 0 Å². The van der Waals surface area contributed by atoms with Crippen LogP contribution in [0.4, 0.5) is 8.78 Å². The van der Waals surface area contributed by atoms with Crippen LogP contribution in [0.15, 0.2) is 0 Å². The zero-order chi connectivity index (χ0) is 7.78. The van der Waals surface area contributed by atoms with Crippen molar-refractivity contribution < 1.29 is 13.6 Å². The zero-order valence-corrected chi connectivity index (χ0v) is 6.00. The topological polar surface area (TPSA) is 17.1 Å². The van der Waals surface area contributed by atoms with E-state index >= 15 is 0 Å². The van der Waals surface area contributed by atoms with Gasteiger partial charge in [0.05, 0.1) is 5.38 Å². The second-order valence-electron chi connectivity index (χ2n) is 2.49. The summed E-state index contributed by atoms with van der Waals surface area (Å²) in [5.41, 5.74) is 0. The van der Waals surface area contributed by atoms with Crippen molar-refractivity contribution in [1.82, 2.24) is 0 Å². The average Bonchev–Trinajstić information content (AvgIpc) is 1.79. The van der Waals surface area contributed by atoms with E-state index in [0.29, 0.717) is 0 Å². The van der Waals surface area contributed by atoms with Crippen molar-refractivity contribution in [1.29, 1.82) is 0 Å². The number of hydrogen-bond acceptors (Lipinski definition) is 1. The predicted molar refractivity (Wildman–Crippen MR) is 33.4 cm³/mol. The van der Waals surface area contributed by atoms with Crippen molar-refractivity contribution in [3.8, 4) is 0 Å². The number of carbonyl (C=O) groups is 1. The van der Waals surface area contributed by atoms with Gasteiger partial charge in [-0.25, -0.2) is 8.78 Å². The quantitative estimate of drug-likeness (QED) is 0.506. The monoisotopic (exact) mass is 168 g/mol. The van der Waals surface area contributed by atoms with Crippen LogP contribution in [-0.4, -0.2) is 17.1 Å². The second kappa shape index (κ2) is 2.46. The van der Waals surface area contributed by atoms with Crippen LogP contribution >= 0.6 is 11.6 Å². The number of halogens is 3. The van der Waals surface area contributed by atoms with E-state index in [4.69, 9.17) is 11.6 Å². The lowest BCUT2D eigenvalue weighted by Gasteiger charge is -2.23. The number of rotatable bonds is 0. The van der Waals surface area contributed by atoms with Crippen LogP contribution in [0.1, 0.15) is 19.3 Å². The van der Waals surface area contributed by atoms with E-state index in [0.717, 1.165) is 0 Å². The third-order valence-electron chi connectivity index (χ3n) is 1.56. The Kier molecular flexibility index (Phi) is 1.95.